The Morgan fingerprint density at radius 2 is 1.52 bits per heavy atom. The molecule has 0 radical (unpaired) electrons. The van der Waals surface area contributed by atoms with Crippen LogP contribution in [0.2, 0.25) is 0 Å². The number of esters is 3. The van der Waals surface area contributed by atoms with Gasteiger partial charge in [0.25, 0.3) is 0 Å². The molecule has 9 nitrogen and oxygen atoms in total. The molecule has 1 aliphatic heterocycles. The first-order chi connectivity index (χ1) is 10.3. The van der Waals surface area contributed by atoms with Gasteiger partial charge < -0.3 is 53.4 Å². The van der Waals surface area contributed by atoms with Gasteiger partial charge in [-0.2, -0.15) is 0 Å². The molecule has 0 aromatic heterocycles. The van der Waals surface area contributed by atoms with Crippen LogP contribution in [0.1, 0.15) is 20.8 Å². The second kappa shape index (κ2) is 10.7. The van der Waals surface area contributed by atoms with Crippen LogP contribution in [0.25, 0.3) is 0 Å². The van der Waals surface area contributed by atoms with Crippen LogP contribution < -0.4 is 29.7 Å². The first-order valence-corrected chi connectivity index (χ1v) is 6.89. The minimum absolute atomic E-state index is 0. The van der Waals surface area contributed by atoms with Crippen molar-refractivity contribution in [3.8, 4) is 0 Å². The van der Waals surface area contributed by atoms with E-state index in [0.29, 0.717) is 6.54 Å². The minimum Gasteiger partial charge on any atom is -1.00 e. The third-order valence-corrected chi connectivity index (χ3v) is 2.73. The Balaban J connectivity index is 0.00000484. The van der Waals surface area contributed by atoms with Gasteiger partial charge in [0.1, 0.15) is 0 Å². The molecule has 0 aromatic carbocycles. The summed E-state index contributed by atoms with van der Waals surface area (Å²) >= 11 is 0. The van der Waals surface area contributed by atoms with Crippen LogP contribution in [-0.2, 0) is 38.1 Å². The van der Waals surface area contributed by atoms with Crippen LogP contribution in [0.3, 0.4) is 0 Å². The maximum atomic E-state index is 11.3. The van der Waals surface area contributed by atoms with Gasteiger partial charge in [-0.05, 0) is 0 Å². The largest absolute Gasteiger partial charge is 1.00 e. The Bertz CT molecular complexity index is 419. The van der Waals surface area contributed by atoms with Gasteiger partial charge in [-0.3, -0.25) is 14.4 Å². The number of hydrogen-bond acceptors (Lipinski definition) is 8. The second-order valence-electron chi connectivity index (χ2n) is 4.72. The number of carbonyl (C=O) groups excluding carboxylic acids is 3. The van der Waals surface area contributed by atoms with Crippen molar-refractivity contribution in [2.45, 2.75) is 45.4 Å². The molecule has 0 unspecified atom stereocenters. The van der Waals surface area contributed by atoms with Crippen LogP contribution in [0, 0.1) is 0 Å². The molecular formula is C13H22INO8. The maximum Gasteiger partial charge on any atom is 0.303 e. The van der Waals surface area contributed by atoms with Crippen molar-refractivity contribution in [1.82, 2.24) is 0 Å². The minimum atomic E-state index is -1.04. The zero-order valence-corrected chi connectivity index (χ0v) is 15.4. The molecule has 0 aromatic rings. The van der Waals surface area contributed by atoms with E-state index in [1.165, 1.54) is 20.8 Å². The van der Waals surface area contributed by atoms with Gasteiger partial charge in [0.05, 0.1) is 19.8 Å². The highest BCUT2D eigenvalue weighted by Gasteiger charge is 2.47. The van der Waals surface area contributed by atoms with Gasteiger partial charge in [-0.25, -0.2) is 0 Å². The molecule has 23 heavy (non-hydrogen) atoms. The van der Waals surface area contributed by atoms with Gasteiger partial charge in [-0.15, -0.1) is 0 Å². The van der Waals surface area contributed by atoms with Crippen molar-refractivity contribution in [2.24, 2.45) is 0 Å². The Morgan fingerprint density at radius 3 is 2.00 bits per heavy atom. The number of carbonyl (C=O) groups is 3. The second-order valence-corrected chi connectivity index (χ2v) is 4.72. The van der Waals surface area contributed by atoms with E-state index in [0.717, 1.165) is 0 Å². The lowest BCUT2D eigenvalue weighted by molar-refractivity contribution is -0.383. The van der Waals surface area contributed by atoms with Gasteiger partial charge in [0.15, 0.2) is 24.6 Å². The summed E-state index contributed by atoms with van der Waals surface area (Å²) in [5, 5.41) is 0. The fourth-order valence-electron chi connectivity index (χ4n) is 2.05. The van der Waals surface area contributed by atoms with Crippen LogP contribution in [0.4, 0.5) is 0 Å². The van der Waals surface area contributed by atoms with E-state index < -0.39 is 42.5 Å². The SMILES string of the molecule is CC(=O)O[C@@H]1[C@@H](OC(C)=O)[C@@H](OCC[NH3+])OC[C@@H]1OC(C)=O.[I-]. The molecule has 1 saturated heterocycles. The van der Waals surface area contributed by atoms with Crippen molar-refractivity contribution in [2.75, 3.05) is 19.8 Å². The molecule has 134 valence electrons. The zero-order chi connectivity index (χ0) is 16.7. The summed E-state index contributed by atoms with van der Waals surface area (Å²) in [5.41, 5.74) is 3.63. The molecule has 0 spiro atoms. The molecule has 1 heterocycles. The molecular weight excluding hydrogens is 425 g/mol. The Hall–Kier alpha value is -0.980. The van der Waals surface area contributed by atoms with Crippen molar-refractivity contribution >= 4 is 17.9 Å². The Morgan fingerprint density at radius 1 is 1.00 bits per heavy atom. The predicted octanol–water partition coefficient (Wildman–Crippen LogP) is -4.60. The van der Waals surface area contributed by atoms with Crippen LogP contribution >= 0.6 is 0 Å². The number of rotatable bonds is 6. The number of halogens is 1. The van der Waals surface area contributed by atoms with Gasteiger partial charge in [-0.1, -0.05) is 0 Å². The summed E-state index contributed by atoms with van der Waals surface area (Å²) in [6, 6.07) is 0. The van der Waals surface area contributed by atoms with Gasteiger partial charge in [0, 0.05) is 20.8 Å². The monoisotopic (exact) mass is 447 g/mol. The molecule has 1 fully saturated rings. The summed E-state index contributed by atoms with van der Waals surface area (Å²) in [5.74, 6) is -1.76. The normalized spacial score (nSPS) is 26.6. The van der Waals surface area contributed by atoms with Gasteiger partial charge in [0.2, 0.25) is 0 Å². The summed E-state index contributed by atoms with van der Waals surface area (Å²) in [4.78, 5) is 33.8. The fraction of sp³-hybridized carbons (Fsp3) is 0.769. The molecule has 10 heteroatoms. The standard InChI is InChI=1S/C13H21NO8.HI/c1-7(15)20-10-6-19-13(18-5-4-14)12(22-9(3)17)11(10)21-8(2)16;/h10-13H,4-6,14H2,1-3H3;1H/t10-,11-,12+,13-;/m0./s1. The topological polar surface area (TPSA) is 125 Å². The Kier molecular flexibility index (Phi) is 10.3. The van der Waals surface area contributed by atoms with Crippen LogP contribution in [0.5, 0.6) is 0 Å². The average Bonchev–Trinajstić information content (AvgIpc) is 2.40. The van der Waals surface area contributed by atoms with E-state index >= 15 is 0 Å². The van der Waals surface area contributed by atoms with E-state index in [2.05, 4.69) is 5.73 Å². The fourth-order valence-corrected chi connectivity index (χ4v) is 2.05. The molecule has 1 rings (SSSR count). The maximum absolute atomic E-state index is 11.3. The highest BCUT2D eigenvalue weighted by molar-refractivity contribution is 5.68. The summed E-state index contributed by atoms with van der Waals surface area (Å²) in [6.07, 6.45) is -3.85. The lowest BCUT2D eigenvalue weighted by Crippen LogP contribution is -3.00. The third-order valence-electron chi connectivity index (χ3n) is 2.73. The Labute approximate surface area is 151 Å². The molecule has 0 saturated carbocycles. The first-order valence-electron chi connectivity index (χ1n) is 6.89. The molecule has 0 bridgehead atoms. The van der Waals surface area contributed by atoms with E-state index in [1.54, 1.807) is 0 Å². The number of hydrogen-bond donors (Lipinski definition) is 1. The van der Waals surface area contributed by atoms with E-state index in [-0.39, 0.29) is 37.2 Å². The van der Waals surface area contributed by atoms with Crippen molar-refractivity contribution in [1.29, 1.82) is 0 Å². The lowest BCUT2D eigenvalue weighted by atomic mass is 10.0. The average molecular weight is 447 g/mol. The molecule has 0 aliphatic carbocycles. The number of quaternary nitrogens is 1. The van der Waals surface area contributed by atoms with E-state index in [4.69, 9.17) is 23.7 Å². The van der Waals surface area contributed by atoms with Crippen molar-refractivity contribution in [3.05, 3.63) is 0 Å². The van der Waals surface area contributed by atoms with Crippen molar-refractivity contribution < 1.29 is 67.8 Å². The summed E-state index contributed by atoms with van der Waals surface area (Å²) in [7, 11) is 0. The number of ether oxygens (including phenoxy) is 5. The molecule has 4 atom stereocenters. The molecule has 3 N–H and O–H groups in total. The predicted molar refractivity (Wildman–Crippen MR) is 70.1 cm³/mol. The lowest BCUT2D eigenvalue weighted by Gasteiger charge is -2.39. The third kappa shape index (κ3) is 7.42. The van der Waals surface area contributed by atoms with E-state index in [1.807, 2.05) is 0 Å². The van der Waals surface area contributed by atoms with Crippen molar-refractivity contribution in [3.63, 3.8) is 0 Å². The van der Waals surface area contributed by atoms with Crippen LogP contribution in [0.15, 0.2) is 0 Å². The summed E-state index contributed by atoms with van der Waals surface area (Å²) in [6.45, 7) is 4.34. The first kappa shape index (κ1) is 22.0. The van der Waals surface area contributed by atoms with Gasteiger partial charge >= 0.3 is 17.9 Å². The highest BCUT2D eigenvalue weighted by Crippen LogP contribution is 2.25. The zero-order valence-electron chi connectivity index (χ0n) is 13.3. The molecule has 1 aliphatic rings. The smallest absolute Gasteiger partial charge is 0.303 e. The molecule has 0 amide bonds. The quantitative estimate of drug-likeness (QED) is 0.245. The van der Waals surface area contributed by atoms with E-state index in [9.17, 15) is 14.4 Å². The highest BCUT2D eigenvalue weighted by atomic mass is 127. The summed E-state index contributed by atoms with van der Waals surface area (Å²) < 4.78 is 26.2. The van der Waals surface area contributed by atoms with Crippen LogP contribution in [-0.4, -0.2) is 62.3 Å².